The molecule has 0 aliphatic carbocycles. The van der Waals surface area contributed by atoms with Crippen LogP contribution in [0.1, 0.15) is 11.5 Å². The molecule has 0 bridgehead atoms. The van der Waals surface area contributed by atoms with Gasteiger partial charge in [-0.15, -0.1) is 0 Å². The predicted molar refractivity (Wildman–Crippen MR) is 109 cm³/mol. The summed E-state index contributed by atoms with van der Waals surface area (Å²) in [5.41, 5.74) is 2.88. The standard InChI is InChI=1S/C21H20ClN3O3/c1-26-19-5-3-2-4-17(19)20-23-21(28-24-20)18(22)14-15-6-8-16(9-7-15)25-10-12-27-13-11-25/h2-9,14H,10-13H2,1H3/b18-14-. The van der Waals surface area contributed by atoms with Crippen molar-refractivity contribution in [1.29, 1.82) is 0 Å². The largest absolute Gasteiger partial charge is 0.496 e. The number of hydrogen-bond acceptors (Lipinski definition) is 6. The highest BCUT2D eigenvalue weighted by atomic mass is 35.5. The van der Waals surface area contributed by atoms with Crippen LogP contribution in [-0.4, -0.2) is 43.6 Å². The first kappa shape index (κ1) is 18.5. The van der Waals surface area contributed by atoms with Gasteiger partial charge in [0, 0.05) is 18.8 Å². The highest BCUT2D eigenvalue weighted by Gasteiger charge is 2.15. The van der Waals surface area contributed by atoms with Gasteiger partial charge in [0.2, 0.25) is 5.82 Å². The van der Waals surface area contributed by atoms with Crippen molar-refractivity contribution in [2.75, 3.05) is 38.3 Å². The van der Waals surface area contributed by atoms with Crippen molar-refractivity contribution in [3.63, 3.8) is 0 Å². The van der Waals surface area contributed by atoms with E-state index in [1.54, 1.807) is 7.11 Å². The van der Waals surface area contributed by atoms with Gasteiger partial charge in [-0.3, -0.25) is 0 Å². The Hall–Kier alpha value is -2.83. The molecule has 2 aromatic carbocycles. The molecule has 7 heteroatoms. The summed E-state index contributed by atoms with van der Waals surface area (Å²) in [5.74, 6) is 1.37. The molecule has 4 rings (SSSR count). The summed E-state index contributed by atoms with van der Waals surface area (Å²) in [6.45, 7) is 3.34. The molecule has 0 unspecified atom stereocenters. The number of morpholine rings is 1. The molecular formula is C21H20ClN3O3. The first-order chi connectivity index (χ1) is 13.7. The van der Waals surface area contributed by atoms with E-state index >= 15 is 0 Å². The number of methoxy groups -OCH3 is 1. The number of benzene rings is 2. The average molecular weight is 398 g/mol. The van der Waals surface area contributed by atoms with Crippen molar-refractivity contribution in [2.45, 2.75) is 0 Å². The van der Waals surface area contributed by atoms with Gasteiger partial charge in [0.25, 0.3) is 5.89 Å². The second kappa shape index (κ2) is 8.46. The Balaban J connectivity index is 1.52. The van der Waals surface area contributed by atoms with Crippen LogP contribution in [0.3, 0.4) is 0 Å². The minimum Gasteiger partial charge on any atom is -0.496 e. The summed E-state index contributed by atoms with van der Waals surface area (Å²) < 4.78 is 16.1. The van der Waals surface area contributed by atoms with E-state index in [4.69, 9.17) is 25.6 Å². The SMILES string of the molecule is COc1ccccc1-c1noc(/C(Cl)=C/c2ccc(N3CCOCC3)cc2)n1. The van der Waals surface area contributed by atoms with E-state index in [9.17, 15) is 0 Å². The van der Waals surface area contributed by atoms with E-state index in [2.05, 4.69) is 27.2 Å². The Morgan fingerprint density at radius 1 is 1.11 bits per heavy atom. The zero-order valence-electron chi connectivity index (χ0n) is 15.5. The molecule has 1 aromatic heterocycles. The van der Waals surface area contributed by atoms with Crippen LogP contribution in [0.25, 0.3) is 22.5 Å². The first-order valence-corrected chi connectivity index (χ1v) is 9.40. The van der Waals surface area contributed by atoms with E-state index in [0.29, 0.717) is 16.6 Å². The van der Waals surface area contributed by atoms with Crippen molar-refractivity contribution in [2.24, 2.45) is 0 Å². The minimum atomic E-state index is 0.264. The van der Waals surface area contributed by atoms with Crippen molar-refractivity contribution < 1.29 is 14.0 Å². The molecule has 0 spiro atoms. The highest BCUT2D eigenvalue weighted by Crippen LogP contribution is 2.29. The third kappa shape index (κ3) is 4.03. The topological polar surface area (TPSA) is 60.6 Å². The van der Waals surface area contributed by atoms with Gasteiger partial charge in [-0.1, -0.05) is 41.0 Å². The quantitative estimate of drug-likeness (QED) is 0.639. The fourth-order valence-electron chi connectivity index (χ4n) is 3.07. The number of halogens is 1. The van der Waals surface area contributed by atoms with Crippen LogP contribution in [-0.2, 0) is 4.74 Å². The molecule has 1 saturated heterocycles. The number of aromatic nitrogens is 2. The monoisotopic (exact) mass is 397 g/mol. The molecule has 0 saturated carbocycles. The van der Waals surface area contributed by atoms with Crippen LogP contribution in [0.15, 0.2) is 53.1 Å². The Bertz CT molecular complexity index is 963. The number of anilines is 1. The number of para-hydroxylation sites is 1. The lowest BCUT2D eigenvalue weighted by molar-refractivity contribution is 0.122. The summed E-state index contributed by atoms with van der Waals surface area (Å²) in [6.07, 6.45) is 1.81. The molecule has 0 amide bonds. The Morgan fingerprint density at radius 2 is 1.86 bits per heavy atom. The number of nitrogens with zero attached hydrogens (tertiary/aromatic N) is 3. The fraction of sp³-hybridized carbons (Fsp3) is 0.238. The third-order valence-corrected chi connectivity index (χ3v) is 4.81. The minimum absolute atomic E-state index is 0.264. The van der Waals surface area contributed by atoms with Crippen molar-refractivity contribution in [1.82, 2.24) is 10.1 Å². The Morgan fingerprint density at radius 3 is 2.61 bits per heavy atom. The van der Waals surface area contributed by atoms with E-state index in [1.807, 2.05) is 42.5 Å². The van der Waals surface area contributed by atoms with Gasteiger partial charge in [-0.25, -0.2) is 0 Å². The maximum Gasteiger partial charge on any atom is 0.269 e. The van der Waals surface area contributed by atoms with Gasteiger partial charge in [-0.05, 0) is 35.9 Å². The Labute approximate surface area is 168 Å². The lowest BCUT2D eigenvalue weighted by Gasteiger charge is -2.28. The molecular weight excluding hydrogens is 378 g/mol. The van der Waals surface area contributed by atoms with E-state index in [-0.39, 0.29) is 5.89 Å². The first-order valence-electron chi connectivity index (χ1n) is 9.02. The van der Waals surface area contributed by atoms with Crippen molar-refractivity contribution in [3.8, 4) is 17.1 Å². The summed E-state index contributed by atoms with van der Waals surface area (Å²) in [6, 6.07) is 15.7. The molecule has 144 valence electrons. The summed E-state index contributed by atoms with van der Waals surface area (Å²) in [4.78, 5) is 6.70. The molecule has 1 aliphatic heterocycles. The van der Waals surface area contributed by atoms with Crippen LogP contribution in [0.4, 0.5) is 5.69 Å². The molecule has 0 atom stereocenters. The fourth-order valence-corrected chi connectivity index (χ4v) is 3.27. The lowest BCUT2D eigenvalue weighted by Crippen LogP contribution is -2.36. The molecule has 0 radical (unpaired) electrons. The molecule has 3 aromatic rings. The van der Waals surface area contributed by atoms with Crippen LogP contribution < -0.4 is 9.64 Å². The van der Waals surface area contributed by atoms with Crippen LogP contribution in [0.2, 0.25) is 0 Å². The third-order valence-electron chi connectivity index (χ3n) is 4.54. The van der Waals surface area contributed by atoms with Crippen molar-refractivity contribution >= 4 is 28.4 Å². The van der Waals surface area contributed by atoms with Gasteiger partial charge >= 0.3 is 0 Å². The van der Waals surface area contributed by atoms with Gasteiger partial charge < -0.3 is 18.9 Å². The van der Waals surface area contributed by atoms with Crippen LogP contribution in [0.5, 0.6) is 5.75 Å². The number of rotatable bonds is 5. The summed E-state index contributed by atoms with van der Waals surface area (Å²) >= 11 is 6.41. The predicted octanol–water partition coefficient (Wildman–Crippen LogP) is 4.32. The van der Waals surface area contributed by atoms with E-state index in [1.165, 1.54) is 5.69 Å². The molecule has 28 heavy (non-hydrogen) atoms. The normalized spacial score (nSPS) is 14.9. The number of ether oxygens (including phenoxy) is 2. The van der Waals surface area contributed by atoms with E-state index < -0.39 is 0 Å². The Kier molecular flexibility index (Phi) is 5.60. The number of hydrogen-bond donors (Lipinski definition) is 0. The lowest BCUT2D eigenvalue weighted by atomic mass is 10.1. The van der Waals surface area contributed by atoms with Gasteiger partial charge in [0.15, 0.2) is 0 Å². The maximum atomic E-state index is 6.41. The zero-order valence-corrected chi connectivity index (χ0v) is 16.2. The second-order valence-electron chi connectivity index (χ2n) is 6.31. The smallest absolute Gasteiger partial charge is 0.269 e. The zero-order chi connectivity index (χ0) is 19.3. The molecule has 2 heterocycles. The molecule has 0 N–H and O–H groups in total. The molecule has 1 fully saturated rings. The second-order valence-corrected chi connectivity index (χ2v) is 6.71. The average Bonchev–Trinajstić information content (AvgIpc) is 3.25. The summed E-state index contributed by atoms with van der Waals surface area (Å²) in [5, 5.41) is 4.41. The maximum absolute atomic E-state index is 6.41. The van der Waals surface area contributed by atoms with Crippen LogP contribution in [0, 0.1) is 0 Å². The van der Waals surface area contributed by atoms with E-state index in [0.717, 1.165) is 37.4 Å². The summed E-state index contributed by atoms with van der Waals surface area (Å²) in [7, 11) is 1.60. The van der Waals surface area contributed by atoms with Crippen molar-refractivity contribution in [3.05, 3.63) is 60.0 Å². The highest BCUT2D eigenvalue weighted by molar-refractivity contribution is 6.50. The van der Waals surface area contributed by atoms with Gasteiger partial charge in [0.1, 0.15) is 10.8 Å². The van der Waals surface area contributed by atoms with Crippen LogP contribution >= 0.6 is 11.6 Å². The van der Waals surface area contributed by atoms with Gasteiger partial charge in [0.05, 0.1) is 25.9 Å². The molecule has 1 aliphatic rings. The van der Waals surface area contributed by atoms with Gasteiger partial charge in [-0.2, -0.15) is 4.98 Å². The molecule has 6 nitrogen and oxygen atoms in total.